The zero-order valence-electron chi connectivity index (χ0n) is 18.9. The van der Waals surface area contributed by atoms with Gasteiger partial charge in [-0.15, -0.1) is 0 Å². The Labute approximate surface area is 182 Å². The summed E-state index contributed by atoms with van der Waals surface area (Å²) in [5, 5.41) is 10.9. The third-order valence-electron chi connectivity index (χ3n) is 4.95. The summed E-state index contributed by atoms with van der Waals surface area (Å²) in [7, 11) is -3.78. The summed E-state index contributed by atoms with van der Waals surface area (Å²) in [6.07, 6.45) is -0.766. The number of hydrogen-bond acceptors (Lipinski definition) is 3. The summed E-state index contributed by atoms with van der Waals surface area (Å²) in [4.78, 5) is 1.53. The molecule has 1 atom stereocenters. The summed E-state index contributed by atoms with van der Waals surface area (Å²) < 4.78 is 28.2. The lowest BCUT2D eigenvalue weighted by atomic mass is 10.1. The van der Waals surface area contributed by atoms with E-state index in [0.29, 0.717) is 24.1 Å². The molecule has 166 valence electrons. The lowest BCUT2D eigenvalue weighted by Gasteiger charge is -2.30. The van der Waals surface area contributed by atoms with Crippen LogP contribution >= 0.6 is 0 Å². The largest absolute Gasteiger partial charge is 0.385 e. The number of nitrogens with zero attached hydrogens (tertiary/aromatic N) is 1. The molecule has 0 saturated carbocycles. The topological polar surface area (TPSA) is 62.0 Å². The van der Waals surface area contributed by atoms with Crippen molar-refractivity contribution in [1.29, 1.82) is 0 Å². The van der Waals surface area contributed by atoms with E-state index in [1.165, 1.54) is 9.21 Å². The second kappa shape index (κ2) is 10.9. The molecule has 0 radical (unpaired) electrons. The van der Waals surface area contributed by atoms with Gasteiger partial charge < -0.3 is 10.0 Å². The van der Waals surface area contributed by atoms with Gasteiger partial charge in [0.2, 0.25) is 0 Å². The van der Waals surface area contributed by atoms with E-state index in [0.717, 1.165) is 18.7 Å². The predicted molar refractivity (Wildman–Crippen MR) is 123 cm³/mol. The van der Waals surface area contributed by atoms with Crippen molar-refractivity contribution in [2.45, 2.75) is 45.6 Å². The highest BCUT2D eigenvalue weighted by atomic mass is 32.2. The summed E-state index contributed by atoms with van der Waals surface area (Å²) >= 11 is 0. The molecule has 0 aliphatic carbocycles. The van der Waals surface area contributed by atoms with Crippen molar-refractivity contribution in [3.63, 3.8) is 0 Å². The van der Waals surface area contributed by atoms with Gasteiger partial charge in [-0.25, -0.2) is 8.42 Å². The van der Waals surface area contributed by atoms with Gasteiger partial charge in [0.15, 0.2) is 0 Å². The first-order chi connectivity index (χ1) is 14.1. The fraction of sp³-hybridized carbons (Fsp3) is 0.500. The van der Waals surface area contributed by atoms with Crippen LogP contribution in [0.2, 0.25) is 0 Å². The zero-order valence-corrected chi connectivity index (χ0v) is 19.7. The summed E-state index contributed by atoms with van der Waals surface area (Å²) in [6, 6.07) is 15.9. The lowest BCUT2D eigenvalue weighted by Crippen LogP contribution is -3.14. The summed E-state index contributed by atoms with van der Waals surface area (Å²) in [5.41, 5.74) is 1.56. The normalized spacial score (nSPS) is 13.2. The molecule has 0 aliphatic heterocycles. The fourth-order valence-electron chi connectivity index (χ4n) is 3.77. The Kier molecular flexibility index (Phi) is 8.89. The smallest absolute Gasteiger partial charge is 0.264 e. The molecule has 0 spiro atoms. The van der Waals surface area contributed by atoms with Crippen LogP contribution in [-0.2, 0) is 10.0 Å². The Bertz CT molecular complexity index is 855. The van der Waals surface area contributed by atoms with Gasteiger partial charge in [0.1, 0.15) is 12.6 Å². The maximum Gasteiger partial charge on any atom is 0.264 e. The van der Waals surface area contributed by atoms with E-state index < -0.39 is 16.1 Å². The van der Waals surface area contributed by atoms with Crippen LogP contribution in [0.1, 0.15) is 33.3 Å². The average Bonchev–Trinajstić information content (AvgIpc) is 2.66. The number of aryl methyl sites for hydroxylation is 1. The van der Waals surface area contributed by atoms with Crippen LogP contribution < -0.4 is 9.21 Å². The number of aliphatic hydroxyl groups excluding tert-OH is 1. The minimum Gasteiger partial charge on any atom is -0.385 e. The number of quaternary nitrogens is 1. The average molecular weight is 434 g/mol. The minimum atomic E-state index is -3.78. The number of para-hydroxylation sites is 1. The summed E-state index contributed by atoms with van der Waals surface area (Å²) in [6.45, 7) is 13.1. The first-order valence-corrected chi connectivity index (χ1v) is 12.2. The fourth-order valence-corrected chi connectivity index (χ4v) is 5.27. The van der Waals surface area contributed by atoms with Crippen LogP contribution in [0.4, 0.5) is 5.69 Å². The molecule has 2 N–H and O–H groups in total. The van der Waals surface area contributed by atoms with Crippen LogP contribution in [0.25, 0.3) is 0 Å². The van der Waals surface area contributed by atoms with Crippen molar-refractivity contribution >= 4 is 15.7 Å². The number of rotatable bonds is 11. The standard InChI is InChI=1S/C24H36N2O3S/c1-19(2)15-25(16-20(3)4)17-23(27)18-26(22-9-7-6-8-10-22)30(28,29)24-13-11-21(5)12-14-24/h6-14,19-20,23,27H,15-18H2,1-5H3/p+1/t23-/m1/s1. The number of aliphatic hydroxyl groups is 1. The second-order valence-corrected chi connectivity index (χ2v) is 10.9. The Hall–Kier alpha value is -1.89. The molecule has 0 heterocycles. The van der Waals surface area contributed by atoms with Crippen molar-refractivity contribution in [2.24, 2.45) is 11.8 Å². The molecule has 5 nitrogen and oxygen atoms in total. The van der Waals surface area contributed by atoms with Crippen molar-refractivity contribution in [2.75, 3.05) is 30.5 Å². The van der Waals surface area contributed by atoms with Crippen LogP contribution in [0, 0.1) is 18.8 Å². The molecule has 30 heavy (non-hydrogen) atoms. The van der Waals surface area contributed by atoms with Crippen molar-refractivity contribution in [3.8, 4) is 0 Å². The van der Waals surface area contributed by atoms with Crippen LogP contribution in [-0.4, -0.2) is 45.8 Å². The SMILES string of the molecule is Cc1ccc(S(=O)(=O)N(C[C@H](O)C[NH+](CC(C)C)CC(C)C)c2ccccc2)cc1. The van der Waals surface area contributed by atoms with Crippen LogP contribution in [0.3, 0.4) is 0 Å². The highest BCUT2D eigenvalue weighted by Gasteiger charge is 2.29. The van der Waals surface area contributed by atoms with Gasteiger partial charge in [-0.05, 0) is 31.2 Å². The van der Waals surface area contributed by atoms with Gasteiger partial charge in [-0.2, -0.15) is 0 Å². The number of nitrogens with one attached hydrogen (secondary N) is 1. The van der Waals surface area contributed by atoms with Crippen LogP contribution in [0.15, 0.2) is 59.5 Å². The molecular weight excluding hydrogens is 396 g/mol. The Morgan fingerprint density at radius 2 is 1.40 bits per heavy atom. The number of benzene rings is 2. The maximum atomic E-state index is 13.4. The highest BCUT2D eigenvalue weighted by molar-refractivity contribution is 7.92. The van der Waals surface area contributed by atoms with E-state index >= 15 is 0 Å². The first kappa shape index (κ1) is 24.4. The molecule has 0 aliphatic rings. The number of sulfonamides is 1. The van der Waals surface area contributed by atoms with Gasteiger partial charge in [0, 0.05) is 11.8 Å². The van der Waals surface area contributed by atoms with Crippen molar-refractivity contribution < 1.29 is 18.4 Å². The molecular formula is C24H37N2O3S+. The monoisotopic (exact) mass is 433 g/mol. The Morgan fingerprint density at radius 3 is 1.90 bits per heavy atom. The number of hydrogen-bond donors (Lipinski definition) is 2. The molecule has 6 heteroatoms. The lowest BCUT2D eigenvalue weighted by molar-refractivity contribution is -0.909. The molecule has 0 aromatic heterocycles. The van der Waals surface area contributed by atoms with E-state index in [2.05, 4.69) is 27.7 Å². The molecule has 2 aromatic rings. The van der Waals surface area contributed by atoms with E-state index in [4.69, 9.17) is 0 Å². The van der Waals surface area contributed by atoms with E-state index in [-0.39, 0.29) is 11.4 Å². The molecule has 0 fully saturated rings. The van der Waals surface area contributed by atoms with Crippen LogP contribution in [0.5, 0.6) is 0 Å². The van der Waals surface area contributed by atoms with E-state index in [1.807, 2.05) is 25.1 Å². The van der Waals surface area contributed by atoms with E-state index in [9.17, 15) is 13.5 Å². The molecule has 0 bridgehead atoms. The molecule has 0 unspecified atom stereocenters. The summed E-state index contributed by atoms with van der Waals surface area (Å²) in [5.74, 6) is 1.01. The molecule has 2 rings (SSSR count). The third-order valence-corrected chi connectivity index (χ3v) is 6.76. The maximum absolute atomic E-state index is 13.4. The quantitative estimate of drug-likeness (QED) is 0.573. The third kappa shape index (κ3) is 7.11. The first-order valence-electron chi connectivity index (χ1n) is 10.8. The molecule has 0 amide bonds. The van der Waals surface area contributed by atoms with E-state index in [1.54, 1.807) is 36.4 Å². The Balaban J connectivity index is 2.28. The van der Waals surface area contributed by atoms with Crippen molar-refractivity contribution in [3.05, 3.63) is 60.2 Å². The van der Waals surface area contributed by atoms with Gasteiger partial charge in [-0.3, -0.25) is 4.31 Å². The molecule has 0 saturated heterocycles. The number of anilines is 1. The van der Waals surface area contributed by atoms with Gasteiger partial charge in [-0.1, -0.05) is 63.6 Å². The van der Waals surface area contributed by atoms with Gasteiger partial charge >= 0.3 is 0 Å². The molecule has 2 aromatic carbocycles. The predicted octanol–water partition coefficient (Wildman–Crippen LogP) is 2.75. The van der Waals surface area contributed by atoms with Crippen molar-refractivity contribution in [1.82, 2.24) is 0 Å². The van der Waals surface area contributed by atoms with Gasteiger partial charge in [0.25, 0.3) is 10.0 Å². The Morgan fingerprint density at radius 1 is 0.867 bits per heavy atom. The van der Waals surface area contributed by atoms with Gasteiger partial charge in [0.05, 0.1) is 30.2 Å². The zero-order chi connectivity index (χ0) is 22.3. The second-order valence-electron chi connectivity index (χ2n) is 8.99. The minimum absolute atomic E-state index is 0.0277. The highest BCUT2D eigenvalue weighted by Crippen LogP contribution is 2.24.